The van der Waals surface area contributed by atoms with Crippen LogP contribution in [-0.4, -0.2) is 5.91 Å². The van der Waals surface area contributed by atoms with Gasteiger partial charge >= 0.3 is 0 Å². The second kappa shape index (κ2) is 8.43. The number of carbonyl (C=O) groups excluding carboxylic acids is 1. The summed E-state index contributed by atoms with van der Waals surface area (Å²) >= 11 is 1.66. The van der Waals surface area contributed by atoms with Crippen LogP contribution in [0.2, 0.25) is 0 Å². The molecule has 4 aromatic rings. The quantitative estimate of drug-likeness (QED) is 0.248. The molecule has 0 aliphatic rings. The lowest BCUT2D eigenvalue weighted by Crippen LogP contribution is -2.37. The highest BCUT2D eigenvalue weighted by Gasteiger charge is 2.16. The Hall–Kier alpha value is -3.21. The van der Waals surface area contributed by atoms with Crippen molar-refractivity contribution < 1.29 is 4.79 Å². The van der Waals surface area contributed by atoms with E-state index in [1.807, 2.05) is 72.1 Å². The second-order valence-corrected chi connectivity index (χ2v) is 7.74. The minimum Gasteiger partial charge on any atom is -0.267 e. The van der Waals surface area contributed by atoms with E-state index in [0.29, 0.717) is 11.3 Å². The summed E-state index contributed by atoms with van der Waals surface area (Å²) in [6, 6.07) is 27.7. The zero-order valence-electron chi connectivity index (χ0n) is 16.2. The molecule has 0 fully saturated rings. The van der Waals surface area contributed by atoms with Crippen molar-refractivity contribution in [1.82, 2.24) is 0 Å². The Morgan fingerprint density at radius 3 is 2.48 bits per heavy atom. The summed E-state index contributed by atoms with van der Waals surface area (Å²) in [4.78, 5) is 14.2. The van der Waals surface area contributed by atoms with Crippen molar-refractivity contribution in [2.75, 3.05) is 5.01 Å². The van der Waals surface area contributed by atoms with Crippen LogP contribution in [0.25, 0.3) is 21.6 Å². The molecule has 2 N–H and O–H groups in total. The number of hydrazine groups is 1. The molecular formula is C25H22N2OS. The number of hydrogen-bond donors (Lipinski definition) is 1. The molecule has 0 bridgehead atoms. The van der Waals surface area contributed by atoms with Gasteiger partial charge in [0.2, 0.25) is 0 Å². The van der Waals surface area contributed by atoms with E-state index in [1.165, 1.54) is 10.6 Å². The van der Waals surface area contributed by atoms with Crippen molar-refractivity contribution in [2.24, 2.45) is 5.84 Å². The smallest absolute Gasteiger partial charge is 0.267 e. The Balaban J connectivity index is 1.64. The number of thiophene rings is 1. The van der Waals surface area contributed by atoms with Gasteiger partial charge in [-0.1, -0.05) is 61.5 Å². The molecule has 1 heterocycles. The van der Waals surface area contributed by atoms with Gasteiger partial charge in [-0.3, -0.25) is 4.79 Å². The van der Waals surface area contributed by atoms with Crippen LogP contribution in [-0.2, 0) is 6.42 Å². The highest BCUT2D eigenvalue weighted by molar-refractivity contribution is 7.13. The van der Waals surface area contributed by atoms with Gasteiger partial charge in [-0.15, -0.1) is 11.3 Å². The van der Waals surface area contributed by atoms with Gasteiger partial charge < -0.3 is 0 Å². The van der Waals surface area contributed by atoms with E-state index in [1.54, 1.807) is 11.3 Å². The van der Waals surface area contributed by atoms with Crippen LogP contribution in [0.5, 0.6) is 0 Å². The van der Waals surface area contributed by atoms with Gasteiger partial charge in [-0.2, -0.15) is 0 Å². The van der Waals surface area contributed by atoms with Crippen molar-refractivity contribution in [2.45, 2.75) is 13.3 Å². The Bertz CT molecular complexity index is 1140. The fourth-order valence-electron chi connectivity index (χ4n) is 3.44. The molecule has 144 valence electrons. The minimum absolute atomic E-state index is 0.232. The molecule has 0 aliphatic heterocycles. The van der Waals surface area contributed by atoms with Crippen molar-refractivity contribution >= 4 is 22.9 Å². The van der Waals surface area contributed by atoms with E-state index >= 15 is 0 Å². The number of hydrogen-bond acceptors (Lipinski definition) is 3. The first-order valence-electron chi connectivity index (χ1n) is 9.59. The second-order valence-electron chi connectivity index (χ2n) is 6.79. The van der Waals surface area contributed by atoms with Crippen LogP contribution in [0.1, 0.15) is 22.8 Å². The van der Waals surface area contributed by atoms with E-state index in [9.17, 15) is 4.79 Å². The average molecular weight is 399 g/mol. The summed E-state index contributed by atoms with van der Waals surface area (Å²) in [7, 11) is 0. The average Bonchev–Trinajstić information content (AvgIpc) is 3.33. The first kappa shape index (κ1) is 19.1. The molecular weight excluding hydrogens is 376 g/mol. The number of carbonyl (C=O) groups is 1. The largest absolute Gasteiger partial charge is 0.272 e. The summed E-state index contributed by atoms with van der Waals surface area (Å²) in [5, 5.41) is 3.26. The van der Waals surface area contributed by atoms with Crippen molar-refractivity contribution in [1.29, 1.82) is 0 Å². The zero-order valence-corrected chi connectivity index (χ0v) is 17.0. The fourth-order valence-corrected chi connectivity index (χ4v) is 4.16. The molecule has 0 spiro atoms. The number of benzene rings is 3. The standard InChI is InChI=1S/C25H22N2OS/c1-2-18-8-3-4-13-23(18)19-9-5-11-21(16-19)25(28)27(26)22-12-6-10-20(17-22)24-14-7-15-29-24/h3-17H,2,26H2,1H3. The SMILES string of the molecule is CCc1ccccc1-c1cccc(C(=O)N(N)c2cccc(-c3cccs3)c2)c1. The number of anilines is 1. The van der Waals surface area contributed by atoms with E-state index in [-0.39, 0.29) is 5.91 Å². The third-order valence-corrected chi connectivity index (χ3v) is 5.89. The van der Waals surface area contributed by atoms with Gasteiger partial charge in [-0.05, 0) is 64.4 Å². The lowest BCUT2D eigenvalue weighted by molar-refractivity contribution is 0.0987. The zero-order chi connectivity index (χ0) is 20.2. The van der Waals surface area contributed by atoms with Gasteiger partial charge in [0.15, 0.2) is 0 Å². The van der Waals surface area contributed by atoms with E-state index < -0.39 is 0 Å². The van der Waals surface area contributed by atoms with Crippen LogP contribution in [0, 0.1) is 0 Å². The lowest BCUT2D eigenvalue weighted by Gasteiger charge is -2.18. The van der Waals surface area contributed by atoms with Crippen molar-refractivity contribution in [3.63, 3.8) is 0 Å². The van der Waals surface area contributed by atoms with Crippen LogP contribution < -0.4 is 10.9 Å². The summed E-state index contributed by atoms with van der Waals surface area (Å²) in [5.41, 5.74) is 5.70. The minimum atomic E-state index is -0.232. The molecule has 0 aliphatic carbocycles. The number of rotatable bonds is 5. The predicted octanol–water partition coefficient (Wildman–Crippen LogP) is 6.17. The Kier molecular flexibility index (Phi) is 5.56. The van der Waals surface area contributed by atoms with Gasteiger partial charge in [0.25, 0.3) is 5.91 Å². The van der Waals surface area contributed by atoms with Gasteiger partial charge in [0.1, 0.15) is 0 Å². The molecule has 4 rings (SSSR count). The lowest BCUT2D eigenvalue weighted by atomic mass is 9.96. The number of aryl methyl sites for hydroxylation is 1. The van der Waals surface area contributed by atoms with Crippen molar-refractivity contribution in [3.05, 3.63) is 101 Å². The number of nitrogens with zero attached hydrogens (tertiary/aromatic N) is 1. The summed E-state index contributed by atoms with van der Waals surface area (Å²) < 4.78 is 0. The van der Waals surface area contributed by atoms with Crippen LogP contribution >= 0.6 is 11.3 Å². The highest BCUT2D eigenvalue weighted by atomic mass is 32.1. The third-order valence-electron chi connectivity index (χ3n) is 4.97. The maximum Gasteiger partial charge on any atom is 0.272 e. The molecule has 0 radical (unpaired) electrons. The molecule has 29 heavy (non-hydrogen) atoms. The molecule has 3 aromatic carbocycles. The summed E-state index contributed by atoms with van der Waals surface area (Å²) in [5.74, 6) is 5.99. The fraction of sp³-hybridized carbons (Fsp3) is 0.0800. The Labute approximate surface area is 175 Å². The molecule has 4 heteroatoms. The number of nitrogens with two attached hydrogens (primary N) is 1. The molecule has 1 aromatic heterocycles. The first-order chi connectivity index (χ1) is 14.2. The Morgan fingerprint density at radius 1 is 0.897 bits per heavy atom. The monoisotopic (exact) mass is 398 g/mol. The predicted molar refractivity (Wildman–Crippen MR) is 122 cm³/mol. The first-order valence-corrected chi connectivity index (χ1v) is 10.5. The van der Waals surface area contributed by atoms with Crippen LogP contribution in [0.4, 0.5) is 5.69 Å². The van der Waals surface area contributed by atoms with Crippen LogP contribution in [0.3, 0.4) is 0 Å². The van der Waals surface area contributed by atoms with E-state index in [4.69, 9.17) is 5.84 Å². The normalized spacial score (nSPS) is 10.7. The molecule has 0 saturated heterocycles. The van der Waals surface area contributed by atoms with E-state index in [2.05, 4.69) is 25.1 Å². The van der Waals surface area contributed by atoms with Gasteiger partial charge in [0.05, 0.1) is 5.69 Å². The summed E-state index contributed by atoms with van der Waals surface area (Å²) in [6.45, 7) is 2.13. The molecule has 3 nitrogen and oxygen atoms in total. The molecule has 0 saturated carbocycles. The molecule has 0 atom stereocenters. The van der Waals surface area contributed by atoms with E-state index in [0.717, 1.165) is 28.0 Å². The number of amides is 1. The van der Waals surface area contributed by atoms with Crippen LogP contribution in [0.15, 0.2) is 90.3 Å². The topological polar surface area (TPSA) is 46.3 Å². The maximum atomic E-state index is 13.1. The molecule has 1 amide bonds. The maximum absolute atomic E-state index is 13.1. The highest BCUT2D eigenvalue weighted by Crippen LogP contribution is 2.29. The molecule has 0 unspecified atom stereocenters. The van der Waals surface area contributed by atoms with Crippen molar-refractivity contribution in [3.8, 4) is 21.6 Å². The van der Waals surface area contributed by atoms with Gasteiger partial charge in [0, 0.05) is 10.4 Å². The van der Waals surface area contributed by atoms with Gasteiger partial charge in [-0.25, -0.2) is 10.9 Å². The summed E-state index contributed by atoms with van der Waals surface area (Å²) in [6.07, 6.45) is 0.937. The third kappa shape index (κ3) is 3.99. The Morgan fingerprint density at radius 2 is 1.69 bits per heavy atom.